The van der Waals surface area contributed by atoms with E-state index in [2.05, 4.69) is 25.3 Å². The van der Waals surface area contributed by atoms with E-state index in [1.165, 1.54) is 0 Å². The van der Waals surface area contributed by atoms with Crippen molar-refractivity contribution < 1.29 is 4.21 Å². The second-order valence-electron chi connectivity index (χ2n) is 3.68. The highest BCUT2D eigenvalue weighted by Crippen LogP contribution is 2.16. The molecule has 0 amide bonds. The highest BCUT2D eigenvalue weighted by Gasteiger charge is 2.29. The molecule has 0 aromatic heterocycles. The van der Waals surface area contributed by atoms with Gasteiger partial charge < -0.3 is 0 Å². The first-order valence-electron chi connectivity index (χ1n) is 4.91. The molecule has 0 saturated carbocycles. The average Bonchev–Trinajstić information content (AvgIpc) is 2.11. The quantitative estimate of drug-likeness (QED) is 0.643. The summed E-state index contributed by atoms with van der Waals surface area (Å²) in [7, 11) is -0.623. The lowest BCUT2D eigenvalue weighted by Gasteiger charge is -2.34. The van der Waals surface area contributed by atoms with Gasteiger partial charge in [0.1, 0.15) is 0 Å². The lowest BCUT2D eigenvalue weighted by atomic mass is 10.2. The van der Waals surface area contributed by atoms with E-state index in [0.29, 0.717) is 10.5 Å². The minimum absolute atomic E-state index is 0.318. The smallest absolute Gasteiger partial charge is 0.0475 e. The molecule has 0 bridgehead atoms. The first-order valence-corrected chi connectivity index (χ1v) is 6.19. The van der Waals surface area contributed by atoms with Crippen molar-refractivity contribution in [2.24, 2.45) is 0 Å². The van der Waals surface area contributed by atoms with Crippen molar-refractivity contribution in [1.82, 2.24) is 4.90 Å². The van der Waals surface area contributed by atoms with E-state index in [9.17, 15) is 4.21 Å². The molecule has 0 spiro atoms. The van der Waals surface area contributed by atoms with Crippen LogP contribution in [0.1, 0.15) is 20.3 Å². The Morgan fingerprint density at radius 2 is 2.31 bits per heavy atom. The summed E-state index contributed by atoms with van der Waals surface area (Å²) >= 11 is 0. The van der Waals surface area contributed by atoms with E-state index in [1.807, 2.05) is 6.08 Å². The van der Waals surface area contributed by atoms with Gasteiger partial charge in [-0.05, 0) is 13.3 Å². The van der Waals surface area contributed by atoms with E-state index in [4.69, 9.17) is 0 Å². The molecule has 3 unspecified atom stereocenters. The minimum Gasteiger partial charge on any atom is -0.297 e. The molecule has 0 aromatic rings. The summed E-state index contributed by atoms with van der Waals surface area (Å²) in [6.07, 6.45) is 2.94. The van der Waals surface area contributed by atoms with Crippen molar-refractivity contribution in [3.8, 4) is 0 Å². The Balaban J connectivity index is 2.57. The van der Waals surface area contributed by atoms with Crippen LogP contribution in [0.2, 0.25) is 0 Å². The maximum absolute atomic E-state index is 11.8. The second-order valence-corrected chi connectivity index (χ2v) is 5.81. The molecule has 3 heteroatoms. The summed E-state index contributed by atoms with van der Waals surface area (Å²) in [6.45, 7) is 10.8. The van der Waals surface area contributed by atoms with Crippen molar-refractivity contribution in [1.29, 1.82) is 0 Å². The number of nitrogens with zero attached hydrogens (tertiary/aromatic N) is 1. The molecular formula is C10H19NOS. The highest BCUT2D eigenvalue weighted by atomic mass is 32.2. The van der Waals surface area contributed by atoms with E-state index < -0.39 is 10.8 Å². The third-order valence-electron chi connectivity index (χ3n) is 2.54. The van der Waals surface area contributed by atoms with Crippen LogP contribution < -0.4 is 0 Å². The molecule has 1 fully saturated rings. The summed E-state index contributed by atoms with van der Waals surface area (Å²) < 4.78 is 11.8. The minimum atomic E-state index is -0.623. The molecule has 1 rings (SSSR count). The summed E-state index contributed by atoms with van der Waals surface area (Å²) in [6, 6.07) is 0. The lowest BCUT2D eigenvalue weighted by molar-refractivity contribution is 0.288. The normalized spacial score (nSPS) is 36.0. The molecule has 2 nitrogen and oxygen atoms in total. The third kappa shape index (κ3) is 2.64. The Morgan fingerprint density at radius 3 is 2.85 bits per heavy atom. The van der Waals surface area contributed by atoms with Gasteiger partial charge in [0.25, 0.3) is 0 Å². The fourth-order valence-electron chi connectivity index (χ4n) is 1.83. The van der Waals surface area contributed by atoms with Gasteiger partial charge in [-0.1, -0.05) is 13.0 Å². The summed E-state index contributed by atoms with van der Waals surface area (Å²) in [5.41, 5.74) is 0. The van der Waals surface area contributed by atoms with Gasteiger partial charge in [-0.25, -0.2) is 0 Å². The molecule has 0 aliphatic carbocycles. The zero-order chi connectivity index (χ0) is 9.84. The van der Waals surface area contributed by atoms with Crippen LogP contribution in [0.3, 0.4) is 0 Å². The molecule has 76 valence electrons. The maximum Gasteiger partial charge on any atom is 0.0475 e. The van der Waals surface area contributed by atoms with E-state index in [1.54, 1.807) is 0 Å². The average molecular weight is 201 g/mol. The SMILES string of the molecule is C=CCN1CC(C)S(=O)C(CC)C1. The van der Waals surface area contributed by atoms with Crippen LogP contribution >= 0.6 is 0 Å². The number of hydrogen-bond acceptors (Lipinski definition) is 2. The lowest BCUT2D eigenvalue weighted by Crippen LogP contribution is -2.47. The third-order valence-corrected chi connectivity index (χ3v) is 4.63. The monoisotopic (exact) mass is 201 g/mol. The van der Waals surface area contributed by atoms with Gasteiger partial charge >= 0.3 is 0 Å². The van der Waals surface area contributed by atoms with Crippen LogP contribution in [0, 0.1) is 0 Å². The Labute approximate surface area is 83.5 Å². The largest absolute Gasteiger partial charge is 0.297 e. The van der Waals surface area contributed by atoms with Crippen molar-refractivity contribution in [2.45, 2.75) is 30.8 Å². The first-order chi connectivity index (χ1) is 6.19. The predicted molar refractivity (Wildman–Crippen MR) is 58.3 cm³/mol. The van der Waals surface area contributed by atoms with Crippen LogP contribution in [0.15, 0.2) is 12.7 Å². The van der Waals surface area contributed by atoms with Gasteiger partial charge in [0.15, 0.2) is 0 Å². The standard InChI is InChI=1S/C10H19NOS/c1-4-6-11-7-9(3)13(12)10(5-2)8-11/h4,9-10H,1,5-8H2,2-3H3. The van der Waals surface area contributed by atoms with E-state index in [0.717, 1.165) is 26.1 Å². The molecule has 3 atom stereocenters. The Morgan fingerprint density at radius 1 is 1.62 bits per heavy atom. The molecule has 1 saturated heterocycles. The van der Waals surface area contributed by atoms with Crippen molar-refractivity contribution in [2.75, 3.05) is 19.6 Å². The van der Waals surface area contributed by atoms with E-state index >= 15 is 0 Å². The molecule has 0 N–H and O–H groups in total. The van der Waals surface area contributed by atoms with Crippen LogP contribution in [0.4, 0.5) is 0 Å². The molecule has 13 heavy (non-hydrogen) atoms. The van der Waals surface area contributed by atoms with Crippen LogP contribution in [-0.4, -0.2) is 39.2 Å². The Kier molecular flexibility index (Phi) is 4.13. The molecule has 1 aliphatic heterocycles. The van der Waals surface area contributed by atoms with Gasteiger partial charge in [0.05, 0.1) is 0 Å². The topological polar surface area (TPSA) is 20.3 Å². The summed E-state index contributed by atoms with van der Waals surface area (Å²) in [4.78, 5) is 2.34. The second kappa shape index (κ2) is 4.91. The zero-order valence-corrected chi connectivity index (χ0v) is 9.35. The van der Waals surface area contributed by atoms with Gasteiger partial charge in [-0.3, -0.25) is 9.11 Å². The van der Waals surface area contributed by atoms with Crippen LogP contribution in [-0.2, 0) is 10.8 Å². The van der Waals surface area contributed by atoms with Crippen molar-refractivity contribution in [3.63, 3.8) is 0 Å². The van der Waals surface area contributed by atoms with E-state index in [-0.39, 0.29) is 0 Å². The fraction of sp³-hybridized carbons (Fsp3) is 0.800. The Hall–Kier alpha value is -0.150. The highest BCUT2D eigenvalue weighted by molar-refractivity contribution is 7.86. The fourth-order valence-corrected chi connectivity index (χ4v) is 3.53. The maximum atomic E-state index is 11.8. The molecular weight excluding hydrogens is 182 g/mol. The van der Waals surface area contributed by atoms with Crippen molar-refractivity contribution in [3.05, 3.63) is 12.7 Å². The summed E-state index contributed by atoms with van der Waals surface area (Å²) in [5.74, 6) is 0. The van der Waals surface area contributed by atoms with Gasteiger partial charge in [0.2, 0.25) is 0 Å². The van der Waals surface area contributed by atoms with Crippen LogP contribution in [0.25, 0.3) is 0 Å². The number of hydrogen-bond donors (Lipinski definition) is 0. The first kappa shape index (κ1) is 10.9. The molecule has 1 heterocycles. The molecule has 0 radical (unpaired) electrons. The predicted octanol–water partition coefficient (Wildman–Crippen LogP) is 1.40. The molecule has 0 aromatic carbocycles. The van der Waals surface area contributed by atoms with Gasteiger partial charge in [-0.15, -0.1) is 6.58 Å². The Bertz CT molecular complexity index is 205. The zero-order valence-electron chi connectivity index (χ0n) is 8.53. The van der Waals surface area contributed by atoms with Crippen LogP contribution in [0.5, 0.6) is 0 Å². The summed E-state index contributed by atoms with van der Waals surface area (Å²) in [5, 5.41) is 0.683. The van der Waals surface area contributed by atoms with Crippen molar-refractivity contribution >= 4 is 10.8 Å². The van der Waals surface area contributed by atoms with Gasteiger partial charge in [0, 0.05) is 40.9 Å². The number of rotatable bonds is 3. The molecule has 1 aliphatic rings. The van der Waals surface area contributed by atoms with Gasteiger partial charge in [-0.2, -0.15) is 0 Å².